The van der Waals surface area contributed by atoms with E-state index in [1.165, 1.54) is 6.92 Å². The second-order valence-corrected chi connectivity index (χ2v) is 4.10. The SMILES string of the molecule is CCCC[C@H](Nc1ncc([N+](=O)[O-])c(C)n1)C(=O)O. The van der Waals surface area contributed by atoms with Gasteiger partial charge < -0.3 is 10.4 Å². The average molecular weight is 268 g/mol. The van der Waals surface area contributed by atoms with Gasteiger partial charge in [0.05, 0.1) is 4.92 Å². The first kappa shape index (κ1) is 14.8. The van der Waals surface area contributed by atoms with Gasteiger partial charge in [0.15, 0.2) is 0 Å². The molecule has 0 unspecified atom stereocenters. The van der Waals surface area contributed by atoms with Crippen LogP contribution in [0.1, 0.15) is 31.9 Å². The van der Waals surface area contributed by atoms with Gasteiger partial charge in [0.1, 0.15) is 17.9 Å². The van der Waals surface area contributed by atoms with Gasteiger partial charge in [-0.1, -0.05) is 19.8 Å². The van der Waals surface area contributed by atoms with E-state index in [-0.39, 0.29) is 17.3 Å². The van der Waals surface area contributed by atoms with Crippen LogP contribution in [-0.2, 0) is 4.79 Å². The number of anilines is 1. The molecule has 0 radical (unpaired) electrons. The molecule has 0 fully saturated rings. The van der Waals surface area contributed by atoms with Gasteiger partial charge in [0.25, 0.3) is 0 Å². The monoisotopic (exact) mass is 268 g/mol. The molecule has 1 heterocycles. The molecule has 1 rings (SSSR count). The van der Waals surface area contributed by atoms with Gasteiger partial charge in [0.2, 0.25) is 5.95 Å². The van der Waals surface area contributed by atoms with Crippen molar-refractivity contribution in [3.05, 3.63) is 22.0 Å². The zero-order valence-corrected chi connectivity index (χ0v) is 10.8. The van der Waals surface area contributed by atoms with Crippen molar-refractivity contribution in [1.82, 2.24) is 9.97 Å². The molecule has 0 saturated carbocycles. The van der Waals surface area contributed by atoms with E-state index in [9.17, 15) is 14.9 Å². The van der Waals surface area contributed by atoms with Crippen molar-refractivity contribution in [2.45, 2.75) is 39.2 Å². The maximum atomic E-state index is 11.0. The Morgan fingerprint density at radius 3 is 2.79 bits per heavy atom. The molecule has 104 valence electrons. The van der Waals surface area contributed by atoms with E-state index in [0.717, 1.165) is 19.0 Å². The van der Waals surface area contributed by atoms with Crippen molar-refractivity contribution >= 4 is 17.6 Å². The molecule has 19 heavy (non-hydrogen) atoms. The largest absolute Gasteiger partial charge is 0.480 e. The van der Waals surface area contributed by atoms with Crippen LogP contribution in [0.3, 0.4) is 0 Å². The Labute approximate surface area is 110 Å². The third-order valence-corrected chi connectivity index (χ3v) is 2.60. The van der Waals surface area contributed by atoms with Crippen LogP contribution in [0.4, 0.5) is 11.6 Å². The molecule has 0 saturated heterocycles. The van der Waals surface area contributed by atoms with Crippen molar-refractivity contribution in [2.24, 2.45) is 0 Å². The second-order valence-electron chi connectivity index (χ2n) is 4.10. The lowest BCUT2D eigenvalue weighted by Gasteiger charge is -2.13. The highest BCUT2D eigenvalue weighted by Crippen LogP contribution is 2.16. The molecule has 1 atom stereocenters. The summed E-state index contributed by atoms with van der Waals surface area (Å²) < 4.78 is 0. The Morgan fingerprint density at radius 1 is 1.63 bits per heavy atom. The lowest BCUT2D eigenvalue weighted by Crippen LogP contribution is -2.30. The summed E-state index contributed by atoms with van der Waals surface area (Å²) in [5.74, 6) is -0.903. The minimum Gasteiger partial charge on any atom is -0.480 e. The zero-order chi connectivity index (χ0) is 14.4. The number of aryl methyl sites for hydroxylation is 1. The molecule has 0 bridgehead atoms. The molecular formula is C11H16N4O4. The van der Waals surface area contributed by atoms with Crippen LogP contribution < -0.4 is 5.32 Å². The predicted molar refractivity (Wildman–Crippen MR) is 68.0 cm³/mol. The summed E-state index contributed by atoms with van der Waals surface area (Å²) in [7, 11) is 0. The topological polar surface area (TPSA) is 118 Å². The van der Waals surface area contributed by atoms with Crippen LogP contribution in [0, 0.1) is 17.0 Å². The number of unbranched alkanes of at least 4 members (excludes halogenated alkanes) is 1. The molecule has 0 aliphatic heterocycles. The van der Waals surface area contributed by atoms with Crippen molar-refractivity contribution in [3.63, 3.8) is 0 Å². The molecule has 2 N–H and O–H groups in total. The van der Waals surface area contributed by atoms with E-state index in [4.69, 9.17) is 5.11 Å². The molecule has 8 heteroatoms. The quantitative estimate of drug-likeness (QED) is 0.571. The fourth-order valence-corrected chi connectivity index (χ4v) is 1.53. The molecular weight excluding hydrogens is 252 g/mol. The minimum atomic E-state index is -0.993. The van der Waals surface area contributed by atoms with Gasteiger partial charge in [-0.15, -0.1) is 0 Å². The fourth-order valence-electron chi connectivity index (χ4n) is 1.53. The summed E-state index contributed by atoms with van der Waals surface area (Å²) in [6.07, 6.45) is 3.16. The molecule has 0 aliphatic carbocycles. The number of nitro groups is 1. The number of nitrogens with one attached hydrogen (secondary N) is 1. The molecule has 0 aromatic carbocycles. The molecule has 8 nitrogen and oxygen atoms in total. The number of nitrogens with zero attached hydrogens (tertiary/aromatic N) is 3. The Hall–Kier alpha value is -2.25. The van der Waals surface area contributed by atoms with E-state index < -0.39 is 16.9 Å². The van der Waals surface area contributed by atoms with Crippen molar-refractivity contribution < 1.29 is 14.8 Å². The van der Waals surface area contributed by atoms with E-state index in [2.05, 4.69) is 15.3 Å². The smallest absolute Gasteiger partial charge is 0.326 e. The van der Waals surface area contributed by atoms with E-state index in [1.54, 1.807) is 0 Å². The Kier molecular flexibility index (Phi) is 5.16. The fraction of sp³-hybridized carbons (Fsp3) is 0.545. The zero-order valence-electron chi connectivity index (χ0n) is 10.8. The van der Waals surface area contributed by atoms with Gasteiger partial charge >= 0.3 is 11.7 Å². The van der Waals surface area contributed by atoms with E-state index in [1.807, 2.05) is 6.92 Å². The number of rotatable bonds is 7. The van der Waals surface area contributed by atoms with Gasteiger partial charge in [-0.2, -0.15) is 0 Å². The molecule has 0 amide bonds. The number of carbonyl (C=O) groups is 1. The van der Waals surface area contributed by atoms with Crippen LogP contribution in [0.5, 0.6) is 0 Å². The molecule has 1 aromatic heterocycles. The number of carboxylic acids is 1. The lowest BCUT2D eigenvalue weighted by atomic mass is 10.1. The molecule has 0 spiro atoms. The van der Waals surface area contributed by atoms with Crippen LogP contribution >= 0.6 is 0 Å². The summed E-state index contributed by atoms with van der Waals surface area (Å²) >= 11 is 0. The number of aromatic nitrogens is 2. The minimum absolute atomic E-state index is 0.0894. The van der Waals surface area contributed by atoms with Crippen molar-refractivity contribution in [1.29, 1.82) is 0 Å². The van der Waals surface area contributed by atoms with Gasteiger partial charge in [-0.3, -0.25) is 10.1 Å². The number of hydrogen-bond acceptors (Lipinski definition) is 6. The average Bonchev–Trinajstić information content (AvgIpc) is 2.33. The van der Waals surface area contributed by atoms with Crippen LogP contribution in [0.15, 0.2) is 6.20 Å². The summed E-state index contributed by atoms with van der Waals surface area (Å²) in [5, 5.41) is 22.3. The molecule has 0 aliphatic rings. The standard InChI is InChI=1S/C11H16N4O4/c1-3-4-5-8(10(16)17)14-11-12-6-9(15(18)19)7(2)13-11/h6,8H,3-5H2,1-2H3,(H,16,17)(H,12,13,14)/t8-/m0/s1. The third-order valence-electron chi connectivity index (χ3n) is 2.60. The highest BCUT2D eigenvalue weighted by atomic mass is 16.6. The highest BCUT2D eigenvalue weighted by Gasteiger charge is 2.19. The van der Waals surface area contributed by atoms with Gasteiger partial charge in [0, 0.05) is 0 Å². The second kappa shape index (κ2) is 6.62. The number of aliphatic carboxylic acids is 1. The Bertz CT molecular complexity index is 478. The normalized spacial score (nSPS) is 11.9. The van der Waals surface area contributed by atoms with Crippen molar-refractivity contribution in [3.8, 4) is 0 Å². The van der Waals surface area contributed by atoms with Gasteiger partial charge in [-0.25, -0.2) is 14.8 Å². The summed E-state index contributed by atoms with van der Waals surface area (Å²) in [4.78, 5) is 28.7. The van der Waals surface area contributed by atoms with Crippen molar-refractivity contribution in [2.75, 3.05) is 5.32 Å². The summed E-state index contributed by atoms with van der Waals surface area (Å²) in [6, 6.07) is -0.791. The first-order valence-corrected chi connectivity index (χ1v) is 5.93. The van der Waals surface area contributed by atoms with Gasteiger partial charge in [-0.05, 0) is 13.3 Å². The molecule has 1 aromatic rings. The number of hydrogen-bond donors (Lipinski definition) is 2. The van der Waals surface area contributed by atoms with E-state index >= 15 is 0 Å². The Morgan fingerprint density at radius 2 is 2.32 bits per heavy atom. The lowest BCUT2D eigenvalue weighted by molar-refractivity contribution is -0.386. The first-order valence-electron chi connectivity index (χ1n) is 5.93. The maximum Gasteiger partial charge on any atom is 0.326 e. The number of carboxylic acid groups (broad SMARTS) is 1. The highest BCUT2D eigenvalue weighted by molar-refractivity contribution is 5.76. The van der Waals surface area contributed by atoms with E-state index in [0.29, 0.717) is 6.42 Å². The van der Waals surface area contributed by atoms with Crippen LogP contribution in [-0.4, -0.2) is 32.0 Å². The third kappa shape index (κ3) is 4.16. The van der Waals surface area contributed by atoms with Crippen LogP contribution in [0.2, 0.25) is 0 Å². The first-order chi connectivity index (χ1) is 8.95. The summed E-state index contributed by atoms with van der Waals surface area (Å²) in [5.41, 5.74) is 0.00751. The maximum absolute atomic E-state index is 11.0. The summed E-state index contributed by atoms with van der Waals surface area (Å²) in [6.45, 7) is 3.44. The predicted octanol–water partition coefficient (Wildman–Crippen LogP) is 1.75. The van der Waals surface area contributed by atoms with Crippen LogP contribution in [0.25, 0.3) is 0 Å². The Balaban J connectivity index is 2.82.